The normalized spacial score (nSPS) is 24.1. The Hall–Kier alpha value is -3.03. The number of benzene rings is 2. The summed E-state index contributed by atoms with van der Waals surface area (Å²) < 4.78 is 26.3. The van der Waals surface area contributed by atoms with Gasteiger partial charge in [0.1, 0.15) is 18.9 Å². The number of aryl methyl sites for hydroxylation is 1. The fourth-order valence-electron chi connectivity index (χ4n) is 5.48. The number of rotatable bonds is 7. The molecule has 3 fully saturated rings. The van der Waals surface area contributed by atoms with Crippen LogP contribution >= 0.6 is 11.3 Å². The maximum Gasteiger partial charge on any atom is 0.509 e. The molecule has 4 heterocycles. The summed E-state index contributed by atoms with van der Waals surface area (Å²) in [5.41, 5.74) is 2.32. The molecule has 3 aliphatic rings. The highest BCUT2D eigenvalue weighted by atomic mass is 32.1. The van der Waals surface area contributed by atoms with E-state index in [1.165, 1.54) is 23.5 Å². The number of hydrogen-bond donors (Lipinski definition) is 0. The zero-order valence-corrected chi connectivity index (χ0v) is 20.5. The van der Waals surface area contributed by atoms with Crippen molar-refractivity contribution < 1.29 is 27.9 Å². The maximum absolute atomic E-state index is 14.0. The number of hydrogen-bond acceptors (Lipinski definition) is 5. The van der Waals surface area contributed by atoms with Gasteiger partial charge in [-0.15, -0.1) is 11.3 Å². The van der Waals surface area contributed by atoms with Crippen molar-refractivity contribution in [3.05, 3.63) is 93.4 Å². The Morgan fingerprint density at radius 2 is 1.80 bits per heavy atom. The van der Waals surface area contributed by atoms with E-state index in [4.69, 9.17) is 9.47 Å². The van der Waals surface area contributed by atoms with Crippen molar-refractivity contribution in [1.82, 2.24) is 0 Å². The van der Waals surface area contributed by atoms with E-state index in [0.29, 0.717) is 23.1 Å². The molecule has 3 aliphatic heterocycles. The van der Waals surface area contributed by atoms with Crippen molar-refractivity contribution in [1.29, 1.82) is 0 Å². The summed E-state index contributed by atoms with van der Waals surface area (Å²) in [5, 5.41) is 1.92. The van der Waals surface area contributed by atoms with Crippen LogP contribution in [-0.4, -0.2) is 48.7 Å². The third-order valence-electron chi connectivity index (χ3n) is 7.27. The van der Waals surface area contributed by atoms with Crippen molar-refractivity contribution in [2.24, 2.45) is 5.92 Å². The largest absolute Gasteiger partial charge is 0.509 e. The second kappa shape index (κ2) is 9.91. The minimum Gasteiger partial charge on any atom is -0.425 e. The van der Waals surface area contributed by atoms with Crippen molar-refractivity contribution in [3.8, 4) is 0 Å². The molecule has 0 spiro atoms. The third kappa shape index (κ3) is 5.31. The fourth-order valence-corrected chi connectivity index (χ4v) is 6.13. The SMILES string of the molecule is Cc1cccc(C(OC(=O)OC2C[N+]3(CC(=O)c4cccs4)CCC2CC3)c2cccc(F)c2)c1. The van der Waals surface area contributed by atoms with Gasteiger partial charge in [0.25, 0.3) is 0 Å². The number of fused-ring (bicyclic) bond motifs is 3. The minimum atomic E-state index is -0.775. The molecule has 0 radical (unpaired) electrons. The van der Waals surface area contributed by atoms with Crippen LogP contribution in [0.1, 0.15) is 45.3 Å². The smallest absolute Gasteiger partial charge is 0.425 e. The van der Waals surface area contributed by atoms with Gasteiger partial charge in [-0.25, -0.2) is 9.18 Å². The summed E-state index contributed by atoms with van der Waals surface area (Å²) in [6, 6.07) is 17.5. The van der Waals surface area contributed by atoms with Gasteiger partial charge < -0.3 is 14.0 Å². The molecule has 2 atom stereocenters. The van der Waals surface area contributed by atoms with Crippen molar-refractivity contribution >= 4 is 23.3 Å². The Labute approximate surface area is 208 Å². The average Bonchev–Trinajstić information content (AvgIpc) is 3.38. The number of halogens is 1. The lowest BCUT2D eigenvalue weighted by molar-refractivity contribution is -0.938. The minimum absolute atomic E-state index is 0.146. The zero-order chi connectivity index (χ0) is 24.4. The topological polar surface area (TPSA) is 52.6 Å². The van der Waals surface area contributed by atoms with Gasteiger partial charge in [-0.1, -0.05) is 48.0 Å². The van der Waals surface area contributed by atoms with Crippen LogP contribution in [0.15, 0.2) is 66.0 Å². The first-order valence-corrected chi connectivity index (χ1v) is 12.9. The molecule has 2 unspecified atom stereocenters. The number of ketones is 1. The van der Waals surface area contributed by atoms with Gasteiger partial charge in [-0.05, 0) is 36.1 Å². The molecule has 6 rings (SSSR count). The highest BCUT2D eigenvalue weighted by Gasteiger charge is 2.49. The molecule has 3 saturated heterocycles. The van der Waals surface area contributed by atoms with Gasteiger partial charge in [0.05, 0.1) is 18.0 Å². The molecule has 182 valence electrons. The molecule has 7 heteroatoms. The van der Waals surface area contributed by atoms with E-state index < -0.39 is 18.1 Å². The van der Waals surface area contributed by atoms with E-state index in [1.54, 1.807) is 12.1 Å². The second-order valence-corrected chi connectivity index (χ2v) is 10.7. The number of carbonyl (C=O) groups is 2. The Morgan fingerprint density at radius 3 is 2.49 bits per heavy atom. The highest BCUT2D eigenvalue weighted by Crippen LogP contribution is 2.37. The molecular weight excluding hydrogens is 465 g/mol. The molecule has 2 aromatic carbocycles. The standard InChI is InChI=1S/C28H29FNO4S/c1-19-5-2-6-21(15-19)27(22-7-3-8-23(29)16-22)34-28(32)33-25-18-30(12-10-20(25)11-13-30)17-24(31)26-9-4-14-35-26/h2-9,14-16,20,25,27H,10-13,17-18H2,1H3/q+1. The first-order valence-electron chi connectivity index (χ1n) is 12.0. The fraction of sp³-hybridized carbons (Fsp3) is 0.357. The molecule has 0 aliphatic carbocycles. The van der Waals surface area contributed by atoms with Crippen LogP contribution in [0.4, 0.5) is 9.18 Å². The summed E-state index contributed by atoms with van der Waals surface area (Å²) >= 11 is 1.47. The molecule has 3 aromatic rings. The van der Waals surface area contributed by atoms with Crippen LogP contribution < -0.4 is 0 Å². The van der Waals surface area contributed by atoms with E-state index in [2.05, 4.69) is 0 Å². The van der Waals surface area contributed by atoms with Crippen molar-refractivity contribution in [2.45, 2.75) is 32.0 Å². The number of Topliss-reactive ketones (excluding diaryl/α,β-unsaturated/α-hetero) is 1. The lowest BCUT2D eigenvalue weighted by atomic mass is 9.83. The molecule has 0 saturated carbocycles. The second-order valence-electron chi connectivity index (χ2n) is 9.74. The van der Waals surface area contributed by atoms with Crippen molar-refractivity contribution in [2.75, 3.05) is 26.2 Å². The summed E-state index contributed by atoms with van der Waals surface area (Å²) in [5.74, 6) is 0.0228. The van der Waals surface area contributed by atoms with Gasteiger partial charge in [0.2, 0.25) is 5.78 Å². The summed E-state index contributed by atoms with van der Waals surface area (Å²) in [7, 11) is 0. The van der Waals surface area contributed by atoms with Crippen LogP contribution in [0, 0.1) is 18.7 Å². The van der Waals surface area contributed by atoms with Gasteiger partial charge in [0.15, 0.2) is 12.2 Å². The van der Waals surface area contributed by atoms with Crippen LogP contribution in [0.25, 0.3) is 0 Å². The molecular formula is C28H29FNO4S+. The Balaban J connectivity index is 1.30. The van der Waals surface area contributed by atoms with Gasteiger partial charge in [0, 0.05) is 24.3 Å². The number of piperidine rings is 3. The van der Waals surface area contributed by atoms with E-state index >= 15 is 0 Å². The predicted molar refractivity (Wildman–Crippen MR) is 132 cm³/mol. The van der Waals surface area contributed by atoms with E-state index in [0.717, 1.165) is 41.9 Å². The van der Waals surface area contributed by atoms with E-state index in [1.807, 2.05) is 48.7 Å². The quantitative estimate of drug-likeness (QED) is 0.232. The van der Waals surface area contributed by atoms with Gasteiger partial charge in [-0.2, -0.15) is 0 Å². The number of thiophene rings is 1. The number of nitrogens with zero attached hydrogens (tertiary/aromatic N) is 1. The Morgan fingerprint density at radius 1 is 1.06 bits per heavy atom. The predicted octanol–water partition coefficient (Wildman–Crippen LogP) is 5.93. The molecule has 5 nitrogen and oxygen atoms in total. The van der Waals surface area contributed by atoms with Gasteiger partial charge >= 0.3 is 6.16 Å². The summed E-state index contributed by atoms with van der Waals surface area (Å²) in [6.45, 7) is 4.85. The molecule has 1 aromatic heterocycles. The van der Waals surface area contributed by atoms with E-state index in [9.17, 15) is 14.0 Å². The zero-order valence-electron chi connectivity index (χ0n) is 19.7. The lowest BCUT2D eigenvalue weighted by Gasteiger charge is -2.51. The van der Waals surface area contributed by atoms with Crippen LogP contribution in [-0.2, 0) is 9.47 Å². The summed E-state index contributed by atoms with van der Waals surface area (Å²) in [4.78, 5) is 26.6. The monoisotopic (exact) mass is 494 g/mol. The lowest BCUT2D eigenvalue weighted by Crippen LogP contribution is -2.65. The number of ether oxygens (including phenoxy) is 2. The van der Waals surface area contributed by atoms with Crippen LogP contribution in [0.5, 0.6) is 0 Å². The third-order valence-corrected chi connectivity index (χ3v) is 8.19. The van der Waals surface area contributed by atoms with Gasteiger partial charge in [-0.3, -0.25) is 4.79 Å². The Kier molecular flexibility index (Phi) is 6.71. The molecule has 35 heavy (non-hydrogen) atoms. The molecule has 2 bridgehead atoms. The first kappa shape index (κ1) is 23.7. The average molecular weight is 495 g/mol. The van der Waals surface area contributed by atoms with E-state index in [-0.39, 0.29) is 17.8 Å². The maximum atomic E-state index is 14.0. The number of carbonyl (C=O) groups excluding carboxylic acids is 2. The Bertz CT molecular complexity index is 1160. The van der Waals surface area contributed by atoms with Crippen LogP contribution in [0.3, 0.4) is 0 Å². The number of quaternary nitrogens is 1. The molecule has 0 amide bonds. The molecule has 0 N–H and O–H groups in total. The summed E-state index contributed by atoms with van der Waals surface area (Å²) in [6.07, 6.45) is -0.00124. The van der Waals surface area contributed by atoms with Crippen molar-refractivity contribution in [3.63, 3.8) is 0 Å². The highest BCUT2D eigenvalue weighted by molar-refractivity contribution is 7.12. The first-order chi connectivity index (χ1) is 16.9. The van der Waals surface area contributed by atoms with Crippen LogP contribution in [0.2, 0.25) is 0 Å².